The van der Waals surface area contributed by atoms with E-state index in [9.17, 15) is 9.59 Å². The number of carbonyl (C=O) groups is 2. The molecule has 1 saturated carbocycles. The highest BCUT2D eigenvalue weighted by molar-refractivity contribution is 6.31. The topological polar surface area (TPSA) is 99.9 Å². The third-order valence-electron chi connectivity index (χ3n) is 6.30. The summed E-state index contributed by atoms with van der Waals surface area (Å²) in [6.45, 7) is 3.49. The second kappa shape index (κ2) is 11.5. The number of ether oxygens (including phenoxy) is 3. The average Bonchev–Trinajstić information content (AvgIpc) is 3.24. The Bertz CT molecular complexity index is 1210. The molecule has 1 amide bonds. The van der Waals surface area contributed by atoms with Gasteiger partial charge < -0.3 is 18.7 Å². The molecule has 1 aliphatic rings. The van der Waals surface area contributed by atoms with Gasteiger partial charge in [-0.3, -0.25) is 10.1 Å². The molecule has 1 aromatic heterocycles. The number of nitrogens with zero attached hydrogens (tertiary/aromatic N) is 1. The molecule has 3 atom stereocenters. The number of carbonyl (C=O) groups excluding carboxylic acids is 2. The maximum atomic E-state index is 12.6. The number of amides is 1. The first kappa shape index (κ1) is 25.6. The van der Waals surface area contributed by atoms with E-state index in [2.05, 4.69) is 10.5 Å². The van der Waals surface area contributed by atoms with Crippen LogP contribution in [0.15, 0.2) is 53.1 Å². The minimum atomic E-state index is -0.646. The van der Waals surface area contributed by atoms with Gasteiger partial charge in [0, 0.05) is 16.1 Å². The predicted octanol–water partition coefficient (Wildman–Crippen LogP) is 6.72. The normalized spacial score (nSPS) is 18.2. The van der Waals surface area contributed by atoms with Crippen LogP contribution in [0.1, 0.15) is 50.0 Å². The molecule has 190 valence electrons. The largest absolute Gasteiger partial charge is 0.490 e. The van der Waals surface area contributed by atoms with Gasteiger partial charge in [-0.25, -0.2) is 4.79 Å². The van der Waals surface area contributed by atoms with E-state index in [1.165, 1.54) is 7.11 Å². The first-order valence-electron chi connectivity index (χ1n) is 11.9. The Morgan fingerprint density at radius 2 is 1.89 bits per heavy atom. The summed E-state index contributed by atoms with van der Waals surface area (Å²) < 4.78 is 22.0. The molecule has 2 aromatic carbocycles. The third-order valence-corrected chi connectivity index (χ3v) is 6.64. The van der Waals surface area contributed by atoms with Crippen molar-refractivity contribution >= 4 is 29.4 Å². The fourth-order valence-electron chi connectivity index (χ4n) is 4.38. The zero-order valence-electron chi connectivity index (χ0n) is 20.5. The Hall–Kier alpha value is -3.52. The number of hydrogen-bond donors (Lipinski definition) is 1. The number of esters is 1. The summed E-state index contributed by atoms with van der Waals surface area (Å²) in [5, 5.41) is 7.27. The van der Waals surface area contributed by atoms with E-state index in [0.29, 0.717) is 45.5 Å². The van der Waals surface area contributed by atoms with E-state index in [0.717, 1.165) is 19.3 Å². The Morgan fingerprint density at radius 3 is 2.61 bits per heavy atom. The van der Waals surface area contributed by atoms with Crippen molar-refractivity contribution in [1.29, 1.82) is 0 Å². The quantitative estimate of drug-likeness (QED) is 0.350. The van der Waals surface area contributed by atoms with E-state index in [4.69, 9.17) is 30.3 Å². The first-order chi connectivity index (χ1) is 17.4. The Balaban J connectivity index is 1.41. The molecule has 0 saturated heterocycles. The summed E-state index contributed by atoms with van der Waals surface area (Å²) in [5.74, 6) is 0.788. The van der Waals surface area contributed by atoms with Gasteiger partial charge in [-0.2, -0.15) is 0 Å². The number of methoxy groups -OCH3 is 1. The average molecular weight is 513 g/mol. The molecule has 1 heterocycles. The molecule has 1 fully saturated rings. The van der Waals surface area contributed by atoms with Gasteiger partial charge in [0.1, 0.15) is 23.2 Å². The maximum absolute atomic E-state index is 12.6. The standard InChI is InChI=1S/C27H29ClN2O6/c1-16-24(29-27(32)34-17(2)22-9-4-5-10-23(22)28)25(36-30-16)18-11-13-20(14-12-18)35-21-8-6-7-19(15-21)26(31)33-3/h4-5,9-14,17,19,21H,6-8,15H2,1-3H3,(H,29,32)/t17-,19+,21+/m1/s1. The van der Waals surface area contributed by atoms with Crippen molar-refractivity contribution in [3.05, 3.63) is 64.8 Å². The lowest BCUT2D eigenvalue weighted by molar-refractivity contribution is -0.147. The number of anilines is 1. The van der Waals surface area contributed by atoms with Crippen molar-refractivity contribution in [1.82, 2.24) is 5.16 Å². The van der Waals surface area contributed by atoms with E-state index < -0.39 is 12.2 Å². The number of benzene rings is 2. The fourth-order valence-corrected chi connectivity index (χ4v) is 4.67. The zero-order valence-corrected chi connectivity index (χ0v) is 21.2. The minimum absolute atomic E-state index is 0.0478. The number of halogens is 1. The van der Waals surface area contributed by atoms with Crippen LogP contribution in [0.5, 0.6) is 5.75 Å². The lowest BCUT2D eigenvalue weighted by Gasteiger charge is -2.28. The molecular formula is C27H29ClN2O6. The van der Waals surface area contributed by atoms with Gasteiger partial charge in [-0.05, 0) is 69.9 Å². The molecule has 0 unspecified atom stereocenters. The van der Waals surface area contributed by atoms with Gasteiger partial charge in [0.15, 0.2) is 5.76 Å². The van der Waals surface area contributed by atoms with Gasteiger partial charge in [-0.15, -0.1) is 0 Å². The highest BCUT2D eigenvalue weighted by Gasteiger charge is 2.29. The SMILES string of the molecule is COC(=O)[C@H]1CCC[C@H](Oc2ccc(-c3onc(C)c3NC(=O)O[C@H](C)c3ccccc3Cl)cc2)C1. The molecule has 1 aliphatic carbocycles. The van der Waals surface area contributed by atoms with Gasteiger partial charge in [-0.1, -0.05) is 35.0 Å². The number of hydrogen-bond acceptors (Lipinski definition) is 7. The summed E-state index contributed by atoms with van der Waals surface area (Å²) >= 11 is 6.21. The lowest BCUT2D eigenvalue weighted by Crippen LogP contribution is -2.30. The second-order valence-electron chi connectivity index (χ2n) is 8.82. The van der Waals surface area contributed by atoms with Crippen molar-refractivity contribution in [2.45, 2.75) is 51.7 Å². The molecule has 4 rings (SSSR count). The van der Waals surface area contributed by atoms with Crippen molar-refractivity contribution in [2.75, 3.05) is 12.4 Å². The Morgan fingerprint density at radius 1 is 1.14 bits per heavy atom. The van der Waals surface area contributed by atoms with Crippen LogP contribution in [0.25, 0.3) is 11.3 Å². The van der Waals surface area contributed by atoms with Crippen molar-refractivity contribution in [2.24, 2.45) is 5.92 Å². The molecule has 9 heteroatoms. The van der Waals surface area contributed by atoms with Crippen LogP contribution in [-0.4, -0.2) is 30.4 Å². The summed E-state index contributed by atoms with van der Waals surface area (Å²) in [4.78, 5) is 24.5. The highest BCUT2D eigenvalue weighted by Crippen LogP contribution is 2.34. The van der Waals surface area contributed by atoms with Crippen molar-refractivity contribution < 1.29 is 28.3 Å². The van der Waals surface area contributed by atoms with Crippen LogP contribution in [0, 0.1) is 12.8 Å². The van der Waals surface area contributed by atoms with E-state index in [1.54, 1.807) is 19.9 Å². The number of aryl methyl sites for hydroxylation is 1. The monoisotopic (exact) mass is 512 g/mol. The van der Waals surface area contributed by atoms with Gasteiger partial charge in [0.25, 0.3) is 0 Å². The van der Waals surface area contributed by atoms with Crippen LogP contribution < -0.4 is 10.1 Å². The smallest absolute Gasteiger partial charge is 0.412 e. The molecule has 1 N–H and O–H groups in total. The lowest BCUT2D eigenvalue weighted by atomic mass is 9.87. The van der Waals surface area contributed by atoms with Crippen molar-refractivity contribution in [3.8, 4) is 17.1 Å². The number of rotatable bonds is 7. The van der Waals surface area contributed by atoms with Crippen molar-refractivity contribution in [3.63, 3.8) is 0 Å². The molecule has 0 spiro atoms. The second-order valence-corrected chi connectivity index (χ2v) is 9.22. The highest BCUT2D eigenvalue weighted by atomic mass is 35.5. The molecule has 0 aliphatic heterocycles. The van der Waals surface area contributed by atoms with Crippen LogP contribution >= 0.6 is 11.6 Å². The molecule has 0 radical (unpaired) electrons. The number of nitrogens with one attached hydrogen (secondary N) is 1. The fraction of sp³-hybridized carbons (Fsp3) is 0.370. The maximum Gasteiger partial charge on any atom is 0.412 e. The minimum Gasteiger partial charge on any atom is -0.490 e. The molecule has 36 heavy (non-hydrogen) atoms. The van der Waals surface area contributed by atoms with Crippen LogP contribution in [0.2, 0.25) is 5.02 Å². The van der Waals surface area contributed by atoms with Crippen LogP contribution in [0.4, 0.5) is 10.5 Å². The summed E-state index contributed by atoms with van der Waals surface area (Å²) in [6.07, 6.45) is 2.03. The Labute approximate surface area is 214 Å². The molecule has 8 nitrogen and oxygen atoms in total. The summed E-state index contributed by atoms with van der Waals surface area (Å²) in [6, 6.07) is 14.5. The predicted molar refractivity (Wildman–Crippen MR) is 135 cm³/mol. The van der Waals surface area contributed by atoms with Gasteiger partial charge in [0.2, 0.25) is 0 Å². The third kappa shape index (κ3) is 5.99. The van der Waals surface area contributed by atoms with E-state index >= 15 is 0 Å². The zero-order chi connectivity index (χ0) is 25.7. The molecular weight excluding hydrogens is 484 g/mol. The summed E-state index contributed by atoms with van der Waals surface area (Å²) in [5.41, 5.74) is 2.37. The van der Waals surface area contributed by atoms with E-state index in [-0.39, 0.29) is 18.0 Å². The van der Waals surface area contributed by atoms with Crippen LogP contribution in [0.3, 0.4) is 0 Å². The summed E-state index contributed by atoms with van der Waals surface area (Å²) in [7, 11) is 1.42. The number of aromatic nitrogens is 1. The van der Waals surface area contributed by atoms with E-state index in [1.807, 2.05) is 42.5 Å². The first-order valence-corrected chi connectivity index (χ1v) is 12.3. The van der Waals surface area contributed by atoms with Crippen LogP contribution in [-0.2, 0) is 14.3 Å². The van der Waals surface area contributed by atoms with Gasteiger partial charge >= 0.3 is 12.1 Å². The van der Waals surface area contributed by atoms with Gasteiger partial charge in [0.05, 0.1) is 19.1 Å². The molecule has 3 aromatic rings. The molecule has 0 bridgehead atoms. The Kier molecular flexibility index (Phi) is 8.15.